The molecule has 4 nitrogen and oxygen atoms in total. The predicted octanol–water partition coefficient (Wildman–Crippen LogP) is 2.92. The molecule has 19 heavy (non-hydrogen) atoms. The van der Waals surface area contributed by atoms with E-state index in [0.717, 1.165) is 6.42 Å². The average Bonchev–Trinajstić information content (AvgIpc) is 2.31. The minimum Gasteiger partial charge on any atom is -0.481 e. The summed E-state index contributed by atoms with van der Waals surface area (Å²) < 4.78 is 0. The Bertz CT molecular complexity index is 325. The van der Waals surface area contributed by atoms with E-state index in [0.29, 0.717) is 25.3 Å². The first kappa shape index (κ1) is 16.0. The molecule has 1 rings (SSSR count). The van der Waals surface area contributed by atoms with Crippen molar-refractivity contribution in [3.05, 3.63) is 0 Å². The molecule has 1 fully saturated rings. The van der Waals surface area contributed by atoms with Crippen LogP contribution in [-0.4, -0.2) is 35.5 Å². The number of amides is 1. The van der Waals surface area contributed by atoms with E-state index in [1.54, 1.807) is 11.9 Å². The molecule has 0 saturated heterocycles. The molecular formula is C15H27NO3. The van der Waals surface area contributed by atoms with Crippen LogP contribution in [0.4, 0.5) is 0 Å². The molecule has 0 bridgehead atoms. The highest BCUT2D eigenvalue weighted by atomic mass is 16.4. The van der Waals surface area contributed by atoms with Crippen LogP contribution < -0.4 is 0 Å². The summed E-state index contributed by atoms with van der Waals surface area (Å²) in [5.74, 6) is -0.171. The highest BCUT2D eigenvalue weighted by Crippen LogP contribution is 2.42. The van der Waals surface area contributed by atoms with Gasteiger partial charge in [0, 0.05) is 26.4 Å². The monoisotopic (exact) mass is 269 g/mol. The van der Waals surface area contributed by atoms with Gasteiger partial charge >= 0.3 is 5.97 Å². The Morgan fingerprint density at radius 3 is 2.58 bits per heavy atom. The van der Waals surface area contributed by atoms with Crippen LogP contribution in [0.1, 0.15) is 58.8 Å². The lowest BCUT2D eigenvalue weighted by molar-refractivity contribution is -0.138. The quantitative estimate of drug-likeness (QED) is 0.806. The number of carboxylic acid groups (broad SMARTS) is 1. The van der Waals surface area contributed by atoms with Crippen LogP contribution in [0.25, 0.3) is 0 Å². The highest BCUT2D eigenvalue weighted by Gasteiger charge is 2.33. The number of rotatable bonds is 6. The van der Waals surface area contributed by atoms with Crippen molar-refractivity contribution in [2.75, 3.05) is 13.6 Å². The Balaban J connectivity index is 2.38. The zero-order valence-electron chi connectivity index (χ0n) is 12.4. The third-order valence-electron chi connectivity index (χ3n) is 4.46. The molecule has 1 unspecified atom stereocenters. The van der Waals surface area contributed by atoms with Gasteiger partial charge in [-0.25, -0.2) is 0 Å². The van der Waals surface area contributed by atoms with E-state index in [-0.39, 0.29) is 17.7 Å². The van der Waals surface area contributed by atoms with Gasteiger partial charge in [-0.3, -0.25) is 9.59 Å². The smallest absolute Gasteiger partial charge is 0.303 e. The van der Waals surface area contributed by atoms with E-state index in [4.69, 9.17) is 5.11 Å². The van der Waals surface area contributed by atoms with Gasteiger partial charge in [0.2, 0.25) is 5.91 Å². The van der Waals surface area contributed by atoms with Gasteiger partial charge in [0.15, 0.2) is 0 Å². The first-order chi connectivity index (χ1) is 8.83. The van der Waals surface area contributed by atoms with Crippen molar-refractivity contribution in [3.63, 3.8) is 0 Å². The average molecular weight is 269 g/mol. The van der Waals surface area contributed by atoms with Gasteiger partial charge < -0.3 is 10.0 Å². The number of aliphatic carboxylic acids is 1. The molecule has 1 aliphatic rings. The van der Waals surface area contributed by atoms with E-state index in [1.807, 2.05) is 0 Å². The van der Waals surface area contributed by atoms with Crippen LogP contribution in [0.2, 0.25) is 0 Å². The maximum atomic E-state index is 12.2. The molecule has 110 valence electrons. The number of carbonyl (C=O) groups excluding carboxylic acids is 1. The SMILES string of the molecule is CN(CCCC(=O)O)C(=O)CC1CCCCC1(C)C. The van der Waals surface area contributed by atoms with Crippen LogP contribution in [0.15, 0.2) is 0 Å². The van der Waals surface area contributed by atoms with Crippen molar-refractivity contribution >= 4 is 11.9 Å². The fraction of sp³-hybridized carbons (Fsp3) is 0.867. The highest BCUT2D eigenvalue weighted by molar-refractivity contribution is 5.76. The van der Waals surface area contributed by atoms with Gasteiger partial charge in [-0.1, -0.05) is 26.7 Å². The van der Waals surface area contributed by atoms with E-state index < -0.39 is 5.97 Å². The summed E-state index contributed by atoms with van der Waals surface area (Å²) in [5, 5.41) is 8.59. The number of carbonyl (C=O) groups is 2. The molecule has 0 aromatic rings. The lowest BCUT2D eigenvalue weighted by atomic mass is 9.67. The van der Waals surface area contributed by atoms with Crippen LogP contribution in [0.3, 0.4) is 0 Å². The maximum absolute atomic E-state index is 12.2. The summed E-state index contributed by atoms with van der Waals surface area (Å²) in [6, 6.07) is 0. The molecule has 0 aromatic carbocycles. The molecule has 1 aliphatic carbocycles. The normalized spacial score (nSPS) is 21.9. The summed E-state index contributed by atoms with van der Waals surface area (Å²) >= 11 is 0. The summed E-state index contributed by atoms with van der Waals surface area (Å²) in [5.41, 5.74) is 0.260. The minimum atomic E-state index is -0.797. The molecule has 0 spiro atoms. The molecule has 0 radical (unpaired) electrons. The van der Waals surface area contributed by atoms with Gasteiger partial charge in [0.25, 0.3) is 0 Å². The van der Waals surface area contributed by atoms with Gasteiger partial charge in [0.1, 0.15) is 0 Å². The minimum absolute atomic E-state index is 0.131. The van der Waals surface area contributed by atoms with Gasteiger partial charge in [-0.2, -0.15) is 0 Å². The van der Waals surface area contributed by atoms with Crippen molar-refractivity contribution in [2.45, 2.75) is 58.8 Å². The fourth-order valence-electron chi connectivity index (χ4n) is 2.90. The number of nitrogens with zero attached hydrogens (tertiary/aromatic N) is 1. The lowest BCUT2D eigenvalue weighted by Gasteiger charge is -2.39. The van der Waals surface area contributed by atoms with E-state index in [9.17, 15) is 9.59 Å². The van der Waals surface area contributed by atoms with E-state index >= 15 is 0 Å². The molecule has 0 aromatic heterocycles. The third kappa shape index (κ3) is 5.21. The lowest BCUT2D eigenvalue weighted by Crippen LogP contribution is -2.35. The van der Waals surface area contributed by atoms with Crippen molar-refractivity contribution < 1.29 is 14.7 Å². The molecule has 1 N–H and O–H groups in total. The van der Waals surface area contributed by atoms with Gasteiger partial charge in [0.05, 0.1) is 0 Å². The van der Waals surface area contributed by atoms with Crippen LogP contribution >= 0.6 is 0 Å². The first-order valence-electron chi connectivity index (χ1n) is 7.28. The second kappa shape index (κ2) is 6.92. The zero-order chi connectivity index (χ0) is 14.5. The summed E-state index contributed by atoms with van der Waals surface area (Å²) in [6.07, 6.45) is 6.11. The predicted molar refractivity (Wildman–Crippen MR) is 74.9 cm³/mol. The summed E-state index contributed by atoms with van der Waals surface area (Å²) in [7, 11) is 1.78. The van der Waals surface area contributed by atoms with Crippen LogP contribution in [0, 0.1) is 11.3 Å². The molecular weight excluding hydrogens is 242 g/mol. The molecule has 0 aliphatic heterocycles. The third-order valence-corrected chi connectivity index (χ3v) is 4.46. The van der Waals surface area contributed by atoms with Crippen LogP contribution in [-0.2, 0) is 9.59 Å². The second-order valence-corrected chi connectivity index (χ2v) is 6.45. The van der Waals surface area contributed by atoms with Crippen molar-refractivity contribution in [2.24, 2.45) is 11.3 Å². The first-order valence-corrected chi connectivity index (χ1v) is 7.28. The Hall–Kier alpha value is -1.06. The summed E-state index contributed by atoms with van der Waals surface area (Å²) in [6.45, 7) is 5.06. The van der Waals surface area contributed by atoms with E-state index in [1.165, 1.54) is 19.3 Å². The molecule has 1 saturated carbocycles. The zero-order valence-corrected chi connectivity index (χ0v) is 12.4. The number of hydrogen-bond donors (Lipinski definition) is 1. The largest absolute Gasteiger partial charge is 0.481 e. The topological polar surface area (TPSA) is 57.6 Å². The Kier molecular flexibility index (Phi) is 5.83. The van der Waals surface area contributed by atoms with Crippen molar-refractivity contribution in [1.29, 1.82) is 0 Å². The number of hydrogen-bond acceptors (Lipinski definition) is 2. The molecule has 4 heteroatoms. The standard InChI is InChI=1S/C15H27NO3/c1-15(2)9-5-4-7-12(15)11-13(17)16(3)10-6-8-14(18)19/h12H,4-11H2,1-3H3,(H,18,19). The maximum Gasteiger partial charge on any atom is 0.303 e. The van der Waals surface area contributed by atoms with Gasteiger partial charge in [-0.15, -0.1) is 0 Å². The molecule has 1 amide bonds. The van der Waals surface area contributed by atoms with E-state index in [2.05, 4.69) is 13.8 Å². The fourth-order valence-corrected chi connectivity index (χ4v) is 2.90. The van der Waals surface area contributed by atoms with Crippen LogP contribution in [0.5, 0.6) is 0 Å². The summed E-state index contributed by atoms with van der Waals surface area (Å²) in [4.78, 5) is 24.3. The molecule has 1 atom stereocenters. The number of carboxylic acids is 1. The van der Waals surface area contributed by atoms with Gasteiger partial charge in [-0.05, 0) is 30.6 Å². The molecule has 0 heterocycles. The Morgan fingerprint density at radius 1 is 1.32 bits per heavy atom. The van der Waals surface area contributed by atoms with Crippen molar-refractivity contribution in [3.8, 4) is 0 Å². The Morgan fingerprint density at radius 2 is 2.00 bits per heavy atom. The Labute approximate surface area is 116 Å². The second-order valence-electron chi connectivity index (χ2n) is 6.45. The van der Waals surface area contributed by atoms with Crippen molar-refractivity contribution in [1.82, 2.24) is 4.90 Å².